The fourth-order valence-electron chi connectivity index (χ4n) is 4.09. The van der Waals surface area contributed by atoms with Gasteiger partial charge < -0.3 is 25.0 Å². The maximum absolute atomic E-state index is 13.5. The number of aryl methyl sites for hydroxylation is 1. The number of aliphatic hydroxyl groups excluding tert-OH is 1. The third-order valence-electron chi connectivity index (χ3n) is 5.79. The summed E-state index contributed by atoms with van der Waals surface area (Å²) in [7, 11) is 0. The van der Waals surface area contributed by atoms with Gasteiger partial charge in [-0.2, -0.15) is 0 Å². The van der Waals surface area contributed by atoms with Crippen molar-refractivity contribution >= 4 is 34.9 Å². The first-order valence-electron chi connectivity index (χ1n) is 10.4. The molecule has 3 heterocycles. The molecule has 8 nitrogen and oxygen atoms in total. The summed E-state index contributed by atoms with van der Waals surface area (Å²) in [5.74, 6) is -2.73. The fourth-order valence-corrected chi connectivity index (χ4v) is 4.48. The number of fused-ring (bicyclic) bond motifs is 1. The van der Waals surface area contributed by atoms with Crippen molar-refractivity contribution in [2.24, 2.45) is 0 Å². The van der Waals surface area contributed by atoms with E-state index >= 15 is 0 Å². The molecule has 0 unspecified atom stereocenters. The lowest BCUT2D eigenvalue weighted by atomic mass is 10.1. The first kappa shape index (κ1) is 22.4. The summed E-state index contributed by atoms with van der Waals surface area (Å²) in [6.45, 7) is 2.21. The molecule has 32 heavy (non-hydrogen) atoms. The molecule has 1 aromatic carbocycles. The Morgan fingerprint density at radius 2 is 2.03 bits per heavy atom. The third kappa shape index (κ3) is 4.15. The molecule has 0 bridgehead atoms. The van der Waals surface area contributed by atoms with Crippen LogP contribution < -0.4 is 10.6 Å². The van der Waals surface area contributed by atoms with E-state index in [1.807, 2.05) is 0 Å². The largest absolute Gasteiger partial charge is 0.388 e. The van der Waals surface area contributed by atoms with Gasteiger partial charge in [0.15, 0.2) is 0 Å². The fraction of sp³-hybridized carbons (Fsp3) is 0.409. The molecule has 4 rings (SSSR count). The van der Waals surface area contributed by atoms with Crippen molar-refractivity contribution in [1.29, 1.82) is 0 Å². The number of ketones is 1. The Kier molecular flexibility index (Phi) is 6.32. The molecule has 2 aliphatic rings. The second kappa shape index (κ2) is 9.01. The van der Waals surface area contributed by atoms with Gasteiger partial charge in [0.1, 0.15) is 11.5 Å². The Morgan fingerprint density at radius 1 is 1.25 bits per heavy atom. The Morgan fingerprint density at radius 3 is 2.72 bits per heavy atom. The number of rotatable bonds is 5. The summed E-state index contributed by atoms with van der Waals surface area (Å²) >= 11 is 6.51. The van der Waals surface area contributed by atoms with Crippen LogP contribution in [0.15, 0.2) is 18.2 Å². The van der Waals surface area contributed by atoms with E-state index in [1.165, 1.54) is 18.2 Å². The van der Waals surface area contributed by atoms with Gasteiger partial charge in [0.25, 0.3) is 17.6 Å². The molecule has 2 aliphatic heterocycles. The molecule has 1 aromatic heterocycles. The van der Waals surface area contributed by atoms with E-state index in [0.717, 1.165) is 12.8 Å². The van der Waals surface area contributed by atoms with Gasteiger partial charge in [0.2, 0.25) is 0 Å². The van der Waals surface area contributed by atoms with Gasteiger partial charge in [-0.05, 0) is 49.9 Å². The number of aliphatic hydroxyl groups is 1. The second-order valence-corrected chi connectivity index (χ2v) is 8.40. The standard InChI is InChI=1S/C22H23ClFN3O5/c1-11-8-12(5-6-13(11)24)25-21(30)17-15-4-2-3-7-27(15)19(18(17)23)20(29)22(31)26-14-9-32-10-16(14)28/h5-6,8,14,16,28H,2-4,7,9-10H2,1H3,(H,25,30)(H,26,31)/t14-,16-/m0/s1. The van der Waals surface area contributed by atoms with Crippen LogP contribution in [0.3, 0.4) is 0 Å². The SMILES string of the molecule is Cc1cc(NC(=O)c2c(Cl)c(C(=O)C(=O)N[C@H]3COC[C@@H]3O)n3c2CCCC3)ccc1F. The van der Waals surface area contributed by atoms with Crippen LogP contribution in [0.5, 0.6) is 0 Å². The Labute approximate surface area is 188 Å². The van der Waals surface area contributed by atoms with Crippen LogP contribution >= 0.6 is 11.6 Å². The minimum atomic E-state index is -0.923. The first-order chi connectivity index (χ1) is 15.3. The maximum Gasteiger partial charge on any atom is 0.294 e. The van der Waals surface area contributed by atoms with Gasteiger partial charge in [-0.15, -0.1) is 0 Å². The number of nitrogens with zero attached hydrogens (tertiary/aromatic N) is 1. The Bertz CT molecular complexity index is 1100. The molecule has 2 atom stereocenters. The number of halogens is 2. The smallest absolute Gasteiger partial charge is 0.294 e. The summed E-state index contributed by atoms with van der Waals surface area (Å²) in [6, 6.07) is 3.50. The van der Waals surface area contributed by atoms with Gasteiger partial charge in [-0.1, -0.05) is 11.6 Å². The van der Waals surface area contributed by atoms with Crippen molar-refractivity contribution in [3.05, 3.63) is 51.6 Å². The minimum absolute atomic E-state index is 0.0484. The number of carbonyl (C=O) groups is 3. The zero-order valence-corrected chi connectivity index (χ0v) is 18.2. The quantitative estimate of drug-likeness (QED) is 0.465. The number of hydrogen-bond acceptors (Lipinski definition) is 5. The minimum Gasteiger partial charge on any atom is -0.388 e. The number of carbonyl (C=O) groups excluding carboxylic acids is 3. The number of ether oxygens (including phenoxy) is 1. The lowest BCUT2D eigenvalue weighted by Crippen LogP contribution is -2.45. The van der Waals surface area contributed by atoms with Crippen LogP contribution in [0, 0.1) is 12.7 Å². The van der Waals surface area contributed by atoms with Crippen LogP contribution in [0.2, 0.25) is 5.02 Å². The molecule has 0 spiro atoms. The van der Waals surface area contributed by atoms with Crippen LogP contribution in [-0.4, -0.2) is 52.6 Å². The number of benzene rings is 1. The van der Waals surface area contributed by atoms with Crippen LogP contribution in [-0.2, 0) is 22.5 Å². The van der Waals surface area contributed by atoms with Crippen molar-refractivity contribution in [3.8, 4) is 0 Å². The predicted molar refractivity (Wildman–Crippen MR) is 115 cm³/mol. The van der Waals surface area contributed by atoms with Gasteiger partial charge in [-0.3, -0.25) is 14.4 Å². The van der Waals surface area contributed by atoms with Crippen molar-refractivity contribution in [1.82, 2.24) is 9.88 Å². The van der Waals surface area contributed by atoms with Gasteiger partial charge >= 0.3 is 0 Å². The predicted octanol–water partition coefficient (Wildman–Crippen LogP) is 2.24. The third-order valence-corrected chi connectivity index (χ3v) is 6.16. The summed E-state index contributed by atoms with van der Waals surface area (Å²) in [6.07, 6.45) is 1.20. The lowest BCUT2D eigenvalue weighted by Gasteiger charge is -2.19. The topological polar surface area (TPSA) is 110 Å². The average molecular weight is 464 g/mol. The molecule has 0 radical (unpaired) electrons. The molecular weight excluding hydrogens is 441 g/mol. The highest BCUT2D eigenvalue weighted by Gasteiger charge is 2.35. The molecule has 2 amide bonds. The van der Waals surface area contributed by atoms with Gasteiger partial charge in [0.05, 0.1) is 35.9 Å². The van der Waals surface area contributed by atoms with E-state index in [0.29, 0.717) is 29.9 Å². The van der Waals surface area contributed by atoms with Crippen LogP contribution in [0.25, 0.3) is 0 Å². The van der Waals surface area contributed by atoms with Crippen molar-refractivity contribution in [2.75, 3.05) is 18.5 Å². The highest BCUT2D eigenvalue weighted by molar-refractivity contribution is 6.48. The molecular formula is C22H23ClFN3O5. The second-order valence-electron chi connectivity index (χ2n) is 8.02. The maximum atomic E-state index is 13.5. The molecule has 3 N–H and O–H groups in total. The van der Waals surface area contributed by atoms with E-state index in [9.17, 15) is 23.9 Å². The molecule has 2 aromatic rings. The van der Waals surface area contributed by atoms with E-state index in [1.54, 1.807) is 11.5 Å². The highest BCUT2D eigenvalue weighted by atomic mass is 35.5. The number of anilines is 1. The molecule has 0 saturated carbocycles. The Hall–Kier alpha value is -2.75. The van der Waals surface area contributed by atoms with Crippen LogP contribution in [0.1, 0.15) is 44.9 Å². The number of nitrogens with one attached hydrogen (secondary N) is 2. The zero-order chi connectivity index (χ0) is 23.0. The zero-order valence-electron chi connectivity index (χ0n) is 17.4. The molecule has 1 fully saturated rings. The molecule has 170 valence electrons. The summed E-state index contributed by atoms with van der Waals surface area (Å²) in [5, 5.41) is 14.9. The normalized spacial score (nSPS) is 20.0. The number of hydrogen-bond donors (Lipinski definition) is 3. The Balaban J connectivity index is 1.64. The van der Waals surface area contributed by atoms with E-state index in [2.05, 4.69) is 10.6 Å². The van der Waals surface area contributed by atoms with Crippen molar-refractivity contribution in [3.63, 3.8) is 0 Å². The molecule has 0 aliphatic carbocycles. The van der Waals surface area contributed by atoms with E-state index < -0.39 is 29.7 Å². The highest BCUT2D eigenvalue weighted by Crippen LogP contribution is 2.33. The molecule has 1 saturated heterocycles. The summed E-state index contributed by atoms with van der Waals surface area (Å²) < 4.78 is 20.3. The monoisotopic (exact) mass is 463 g/mol. The number of amides is 2. The lowest BCUT2D eigenvalue weighted by molar-refractivity contribution is -0.118. The number of Topliss-reactive ketones (excluding diaryl/α,β-unsaturated/α-hetero) is 1. The first-order valence-corrected chi connectivity index (χ1v) is 10.7. The average Bonchev–Trinajstić information content (AvgIpc) is 3.29. The van der Waals surface area contributed by atoms with Gasteiger partial charge in [-0.25, -0.2) is 4.39 Å². The van der Waals surface area contributed by atoms with Crippen LogP contribution in [0.4, 0.5) is 10.1 Å². The van der Waals surface area contributed by atoms with E-state index in [-0.39, 0.29) is 35.3 Å². The van der Waals surface area contributed by atoms with E-state index in [4.69, 9.17) is 16.3 Å². The van der Waals surface area contributed by atoms with Gasteiger partial charge in [0, 0.05) is 17.9 Å². The van der Waals surface area contributed by atoms with Crippen molar-refractivity contribution in [2.45, 2.75) is 44.9 Å². The molecule has 10 heteroatoms. The van der Waals surface area contributed by atoms with Crippen molar-refractivity contribution < 1.29 is 28.6 Å². The summed E-state index contributed by atoms with van der Waals surface area (Å²) in [5.41, 5.74) is 1.43. The number of aromatic nitrogens is 1. The summed E-state index contributed by atoms with van der Waals surface area (Å²) in [4.78, 5) is 38.6.